The molecule has 0 unspecified atom stereocenters. The minimum absolute atomic E-state index is 0.0128. The van der Waals surface area contributed by atoms with Gasteiger partial charge in [-0.25, -0.2) is 18.0 Å². The molecule has 1 heterocycles. The highest BCUT2D eigenvalue weighted by Crippen LogP contribution is 2.75. The second-order valence-electron chi connectivity index (χ2n) is 20.2. The molecule has 2 N–H and O–H groups in total. The van der Waals surface area contributed by atoms with Gasteiger partial charge >= 0.3 is 11.9 Å². The fraction of sp³-hybridized carbons (Fsp3) is 0.750. The number of carboxylic acids is 1. The van der Waals surface area contributed by atoms with Crippen LogP contribution in [0.4, 0.5) is 0 Å². The van der Waals surface area contributed by atoms with Gasteiger partial charge in [-0.05, 0) is 116 Å². The van der Waals surface area contributed by atoms with Gasteiger partial charge in [0.15, 0.2) is 9.84 Å². The van der Waals surface area contributed by atoms with Crippen LogP contribution in [0.1, 0.15) is 140 Å². The zero-order valence-electron chi connectivity index (χ0n) is 33.8. The van der Waals surface area contributed by atoms with Crippen molar-refractivity contribution < 1.29 is 27.9 Å². The van der Waals surface area contributed by atoms with E-state index in [1.165, 1.54) is 12.5 Å². The monoisotopic (exact) mass is 780 g/mol. The Labute approximate surface area is 329 Å². The number of allylic oxidation sites excluding steroid dienone is 1. The molecular weight excluding hydrogens is 717 g/mol. The first-order valence-electron chi connectivity index (χ1n) is 20.7. The fourth-order valence-electron chi connectivity index (χ4n) is 13.3. The van der Waals surface area contributed by atoms with Crippen molar-refractivity contribution in [2.45, 2.75) is 125 Å². The summed E-state index contributed by atoms with van der Waals surface area (Å²) in [5.74, 6) is -0.222. The zero-order valence-corrected chi connectivity index (χ0v) is 35.4. The lowest BCUT2D eigenvalue weighted by Gasteiger charge is -2.71. The Bertz CT molecular complexity index is 1840. The molecule has 4 saturated carbocycles. The third-order valence-corrected chi connectivity index (χ3v) is 18.8. The SMILES string of the molecule is CC1(C)CC[C@]2(C(=S)NCCN3CCS(=O)(=O)CC3)CC[C@]3(C)C(=C2C1)CC[C@@H]1[C@@]2(C)CC[C@H](OC(=O)c4ccccc4C(=O)O)C(C)(C)[C@@H]2CC[C@]13C. The van der Waals surface area contributed by atoms with Crippen molar-refractivity contribution in [3.63, 3.8) is 0 Å². The van der Waals surface area contributed by atoms with Gasteiger partial charge in [0.25, 0.3) is 0 Å². The molecule has 1 saturated heterocycles. The van der Waals surface area contributed by atoms with Gasteiger partial charge in [0.1, 0.15) is 6.10 Å². The van der Waals surface area contributed by atoms with Crippen LogP contribution < -0.4 is 5.32 Å². The first kappa shape index (κ1) is 39.9. The largest absolute Gasteiger partial charge is 0.478 e. The van der Waals surface area contributed by atoms with Crippen LogP contribution in [0.2, 0.25) is 0 Å². The number of benzene rings is 1. The van der Waals surface area contributed by atoms with Crippen molar-refractivity contribution >= 4 is 39.0 Å². The molecule has 1 aromatic rings. The van der Waals surface area contributed by atoms with Crippen molar-refractivity contribution in [1.82, 2.24) is 10.2 Å². The van der Waals surface area contributed by atoms with E-state index in [0.717, 1.165) is 82.3 Å². The molecule has 7 atom stereocenters. The van der Waals surface area contributed by atoms with E-state index in [1.807, 2.05) is 0 Å². The van der Waals surface area contributed by atoms with Gasteiger partial charge < -0.3 is 15.2 Å². The summed E-state index contributed by atoms with van der Waals surface area (Å²) < 4.78 is 30.2. The molecule has 0 amide bonds. The van der Waals surface area contributed by atoms with Gasteiger partial charge in [-0.3, -0.25) is 4.90 Å². The van der Waals surface area contributed by atoms with Crippen LogP contribution in [0.15, 0.2) is 35.4 Å². The van der Waals surface area contributed by atoms with Gasteiger partial charge in [-0.2, -0.15) is 0 Å². The number of hydrogen-bond acceptors (Lipinski definition) is 7. The molecule has 54 heavy (non-hydrogen) atoms. The number of sulfone groups is 1. The highest BCUT2D eigenvalue weighted by molar-refractivity contribution is 7.91. The first-order chi connectivity index (χ1) is 25.2. The topological polar surface area (TPSA) is 113 Å². The number of fused-ring (bicyclic) bond motifs is 6. The van der Waals surface area contributed by atoms with Crippen LogP contribution in [0.25, 0.3) is 0 Å². The molecule has 0 radical (unpaired) electrons. The maximum atomic E-state index is 13.5. The summed E-state index contributed by atoms with van der Waals surface area (Å²) in [6, 6.07) is 6.37. The Hall–Kier alpha value is -2.30. The number of esters is 1. The first-order valence-corrected chi connectivity index (χ1v) is 22.9. The Balaban J connectivity index is 1.13. The molecule has 5 aliphatic carbocycles. The molecule has 7 rings (SSSR count). The van der Waals surface area contributed by atoms with Crippen molar-refractivity contribution in [2.75, 3.05) is 37.7 Å². The molecule has 298 valence electrons. The van der Waals surface area contributed by atoms with Crippen LogP contribution in [0, 0.1) is 44.3 Å². The third-order valence-electron chi connectivity index (χ3n) is 16.7. The summed E-state index contributed by atoms with van der Waals surface area (Å²) >= 11 is 6.40. The Kier molecular flexibility index (Phi) is 10.1. The van der Waals surface area contributed by atoms with Crippen LogP contribution in [-0.4, -0.2) is 79.1 Å². The number of thiocarbonyl (C=S) groups is 1. The number of rotatable bonds is 7. The number of ether oxygens (including phenoxy) is 1. The summed E-state index contributed by atoms with van der Waals surface area (Å²) in [6.45, 7) is 20.0. The number of carbonyl (C=O) groups is 2. The molecule has 1 aliphatic heterocycles. The molecule has 10 heteroatoms. The molecule has 6 aliphatic rings. The van der Waals surface area contributed by atoms with Crippen molar-refractivity contribution in [3.8, 4) is 0 Å². The highest BCUT2D eigenvalue weighted by atomic mass is 32.2. The smallest absolute Gasteiger partial charge is 0.339 e. The average Bonchev–Trinajstić information content (AvgIpc) is 3.10. The van der Waals surface area contributed by atoms with Crippen LogP contribution in [-0.2, 0) is 14.6 Å². The van der Waals surface area contributed by atoms with Crippen molar-refractivity contribution in [3.05, 3.63) is 46.5 Å². The molecular formula is C44H64N2O6S2. The number of aromatic carboxylic acids is 1. The Morgan fingerprint density at radius 3 is 2.22 bits per heavy atom. The normalized spacial score (nSPS) is 38.2. The average molecular weight is 781 g/mol. The minimum atomic E-state index is -2.90. The predicted octanol–water partition coefficient (Wildman–Crippen LogP) is 8.50. The summed E-state index contributed by atoms with van der Waals surface area (Å²) in [5, 5.41) is 13.5. The molecule has 5 fully saturated rings. The lowest BCUT2D eigenvalue weighted by molar-refractivity contribution is -0.204. The summed E-state index contributed by atoms with van der Waals surface area (Å²) in [6.07, 6.45) is 11.6. The standard InChI is InChI=1S/C44H64N2O6S2/c1-39(2)18-20-44(38(53)45-22-23-46-24-26-54(50,51)27-25-46)21-19-42(6)31(32(44)28-39)12-13-34-41(5)16-15-35(40(3,4)33(41)14-17-43(34,42)7)52-37(49)30-11-9-8-10-29(30)36(47)48/h8-11,33-35H,12-28H2,1-7H3,(H,45,53)(H,47,48)/t33-,34+,35-,41-,42+,43+,44-/m0/s1. The van der Waals surface area contributed by atoms with Gasteiger partial charge in [-0.15, -0.1) is 0 Å². The summed E-state index contributed by atoms with van der Waals surface area (Å²) in [7, 11) is -2.90. The van der Waals surface area contributed by atoms with Gasteiger partial charge in [-0.1, -0.05) is 84.0 Å². The van der Waals surface area contributed by atoms with Crippen LogP contribution in [0.5, 0.6) is 0 Å². The summed E-state index contributed by atoms with van der Waals surface area (Å²) in [4.78, 5) is 28.7. The molecule has 0 aromatic heterocycles. The maximum Gasteiger partial charge on any atom is 0.339 e. The Morgan fingerprint density at radius 2 is 1.54 bits per heavy atom. The second kappa shape index (κ2) is 13.7. The zero-order chi connectivity index (χ0) is 39.1. The van der Waals surface area contributed by atoms with Crippen LogP contribution in [0.3, 0.4) is 0 Å². The van der Waals surface area contributed by atoms with E-state index in [4.69, 9.17) is 17.0 Å². The van der Waals surface area contributed by atoms with E-state index < -0.39 is 21.8 Å². The molecule has 0 spiro atoms. The van der Waals surface area contributed by atoms with Crippen molar-refractivity contribution in [1.29, 1.82) is 0 Å². The molecule has 1 aromatic carbocycles. The third kappa shape index (κ3) is 6.40. The second-order valence-corrected chi connectivity index (χ2v) is 22.9. The van der Waals surface area contributed by atoms with Gasteiger partial charge in [0, 0.05) is 37.0 Å². The molecule has 8 nitrogen and oxygen atoms in total. The quantitative estimate of drug-likeness (QED) is 0.160. The highest BCUT2D eigenvalue weighted by Gasteiger charge is 2.68. The van der Waals surface area contributed by atoms with E-state index in [2.05, 4.69) is 58.7 Å². The number of hydrogen-bond donors (Lipinski definition) is 2. The number of nitrogens with one attached hydrogen (secondary N) is 1. The maximum absolute atomic E-state index is 13.5. The molecule has 0 bridgehead atoms. The van der Waals surface area contributed by atoms with E-state index in [9.17, 15) is 23.1 Å². The van der Waals surface area contributed by atoms with Crippen LogP contribution >= 0.6 is 12.2 Å². The predicted molar refractivity (Wildman–Crippen MR) is 217 cm³/mol. The van der Waals surface area contributed by atoms with E-state index in [0.29, 0.717) is 24.9 Å². The minimum Gasteiger partial charge on any atom is -0.478 e. The van der Waals surface area contributed by atoms with E-state index in [1.54, 1.807) is 29.3 Å². The summed E-state index contributed by atoms with van der Waals surface area (Å²) in [5.41, 5.74) is 3.64. The fourth-order valence-corrected chi connectivity index (χ4v) is 15.0. The van der Waals surface area contributed by atoms with Crippen molar-refractivity contribution in [2.24, 2.45) is 44.3 Å². The number of carbonyl (C=O) groups excluding carboxylic acids is 1. The lowest BCUT2D eigenvalue weighted by atomic mass is 9.34. The van der Waals surface area contributed by atoms with E-state index >= 15 is 0 Å². The van der Waals surface area contributed by atoms with Gasteiger partial charge in [0.2, 0.25) is 0 Å². The van der Waals surface area contributed by atoms with E-state index in [-0.39, 0.29) is 61.2 Å². The van der Waals surface area contributed by atoms with Gasteiger partial charge in [0.05, 0.1) is 27.6 Å². The number of carboxylic acid groups (broad SMARTS) is 1. The lowest BCUT2D eigenvalue weighted by Crippen LogP contribution is -2.64. The number of nitrogens with zero attached hydrogens (tertiary/aromatic N) is 1. The Morgan fingerprint density at radius 1 is 0.870 bits per heavy atom.